The van der Waals surface area contributed by atoms with E-state index in [1.54, 1.807) is 138 Å². The Morgan fingerprint density at radius 3 is 1.49 bits per heavy atom. The molecule has 0 bridgehead atoms. The molecule has 0 radical (unpaired) electrons. The highest BCUT2D eigenvalue weighted by Crippen LogP contribution is 2.36. The lowest BCUT2D eigenvalue weighted by Gasteiger charge is -2.22. The number of aliphatic hydroxyl groups is 1. The summed E-state index contributed by atoms with van der Waals surface area (Å²) in [6, 6.07) is 6.44. The van der Waals surface area contributed by atoms with Crippen LogP contribution in [0.3, 0.4) is 0 Å². The molecule has 4 aliphatic rings. The Labute approximate surface area is 437 Å². The molecule has 2 aromatic carbocycles. The molecular formula is C56H80N2O16. The standard InChI is InChI=1S/C27H37NO8.C27H35NO8.2CH4/c2*1-16-10-8-12-20(29)23-21(34-27(5,6)35-23)13-9-11-17-14-18(32-7)15-19(22(17)24(30)33-16)28-25(31)36-26(2,3)4;;/h8-9,11-12,14-16,20-21,23,29H,10,13H2,1-7H3,(H,28,31);8-9,11-12,14-16,21,23H,10,13H2,1-7H3,(H,28,31);2*1H4/b2*11-9?,12-8-;;/t16-,20?,21-,23+;16-,21-,23+;;/m00../s1. The average Bonchev–Trinajstić information content (AvgIpc) is 3.74. The maximum absolute atomic E-state index is 13.3. The molecular weight excluding hydrogens is 957 g/mol. The van der Waals surface area contributed by atoms with Crippen LogP contribution in [-0.2, 0) is 42.7 Å². The summed E-state index contributed by atoms with van der Waals surface area (Å²) in [6.45, 7) is 21.1. The third-order valence-corrected chi connectivity index (χ3v) is 11.0. The third-order valence-electron chi connectivity index (χ3n) is 11.0. The summed E-state index contributed by atoms with van der Waals surface area (Å²) in [7, 11) is 2.98. The van der Waals surface area contributed by atoms with Gasteiger partial charge in [-0.25, -0.2) is 19.2 Å². The van der Waals surface area contributed by atoms with Gasteiger partial charge in [-0.2, -0.15) is 0 Å². The Hall–Kier alpha value is -6.05. The lowest BCUT2D eigenvalue weighted by molar-refractivity contribution is -0.152. The van der Waals surface area contributed by atoms with Crippen molar-refractivity contribution >= 4 is 53.4 Å². The van der Waals surface area contributed by atoms with Crippen molar-refractivity contribution in [3.63, 3.8) is 0 Å². The van der Waals surface area contributed by atoms with Crippen molar-refractivity contribution in [2.45, 2.75) is 189 Å². The summed E-state index contributed by atoms with van der Waals surface area (Å²) < 4.78 is 56.7. The molecule has 3 N–H and O–H groups in total. The predicted octanol–water partition coefficient (Wildman–Crippen LogP) is 11.1. The van der Waals surface area contributed by atoms with Gasteiger partial charge in [0, 0.05) is 25.0 Å². The topological polar surface area (TPSA) is 222 Å². The zero-order valence-corrected chi connectivity index (χ0v) is 43.9. The van der Waals surface area contributed by atoms with Crippen molar-refractivity contribution in [2.24, 2.45) is 0 Å². The second kappa shape index (κ2) is 25.9. The highest BCUT2D eigenvalue weighted by Gasteiger charge is 2.45. The van der Waals surface area contributed by atoms with Gasteiger partial charge in [-0.3, -0.25) is 15.4 Å². The fourth-order valence-electron chi connectivity index (χ4n) is 8.06. The lowest BCUT2D eigenvalue weighted by Crippen LogP contribution is -2.34. The Balaban J connectivity index is 0.000000380. The van der Waals surface area contributed by atoms with Gasteiger partial charge < -0.3 is 52.5 Å². The molecule has 1 unspecified atom stereocenters. The molecule has 0 saturated carbocycles. The summed E-state index contributed by atoms with van der Waals surface area (Å²) in [5, 5.41) is 16.0. The molecule has 410 valence electrons. The first-order valence-electron chi connectivity index (χ1n) is 24.0. The van der Waals surface area contributed by atoms with E-state index in [1.165, 1.54) is 26.4 Å². The summed E-state index contributed by atoms with van der Waals surface area (Å²) in [5.74, 6) is -2.34. The van der Waals surface area contributed by atoms with Gasteiger partial charge in [-0.05, 0) is 125 Å². The van der Waals surface area contributed by atoms with Crippen LogP contribution in [0.1, 0.15) is 155 Å². The Bertz CT molecular complexity index is 2420. The van der Waals surface area contributed by atoms with Crippen molar-refractivity contribution in [3.05, 3.63) is 83.0 Å². The molecule has 74 heavy (non-hydrogen) atoms. The van der Waals surface area contributed by atoms with Crippen LogP contribution in [0.25, 0.3) is 12.2 Å². The van der Waals surface area contributed by atoms with E-state index >= 15 is 0 Å². The van der Waals surface area contributed by atoms with Gasteiger partial charge in [0.05, 0.1) is 48.9 Å². The minimum atomic E-state index is -0.904. The number of cyclic esters (lactones) is 2. The molecule has 0 spiro atoms. The Morgan fingerprint density at radius 1 is 0.608 bits per heavy atom. The molecule has 2 saturated heterocycles. The van der Waals surface area contributed by atoms with Crippen LogP contribution in [0.2, 0.25) is 0 Å². The van der Waals surface area contributed by atoms with Crippen LogP contribution in [-0.4, -0.2) is 115 Å². The number of rotatable bonds is 4. The predicted molar refractivity (Wildman–Crippen MR) is 282 cm³/mol. The molecule has 2 aromatic rings. The monoisotopic (exact) mass is 1040 g/mol. The summed E-state index contributed by atoms with van der Waals surface area (Å²) in [6.07, 6.45) is 9.45. The number of esters is 2. The van der Waals surface area contributed by atoms with Crippen LogP contribution >= 0.6 is 0 Å². The number of ether oxygens (including phenoxy) is 10. The van der Waals surface area contributed by atoms with E-state index in [0.717, 1.165) is 0 Å². The number of hydrogen-bond acceptors (Lipinski definition) is 16. The maximum atomic E-state index is 13.3. The number of anilines is 2. The Morgan fingerprint density at radius 2 is 1.03 bits per heavy atom. The zero-order valence-electron chi connectivity index (χ0n) is 43.9. The van der Waals surface area contributed by atoms with Crippen molar-refractivity contribution in [1.29, 1.82) is 0 Å². The number of hydrogen-bond donors (Lipinski definition) is 3. The molecule has 4 aliphatic heterocycles. The minimum Gasteiger partial charge on any atom is -0.497 e. The first-order valence-corrected chi connectivity index (χ1v) is 24.0. The molecule has 18 nitrogen and oxygen atoms in total. The molecule has 0 aliphatic carbocycles. The van der Waals surface area contributed by atoms with Crippen molar-refractivity contribution in [1.82, 2.24) is 0 Å². The van der Waals surface area contributed by atoms with E-state index in [0.29, 0.717) is 48.3 Å². The molecule has 6 rings (SSSR count). The van der Waals surface area contributed by atoms with Crippen LogP contribution in [0.15, 0.2) is 60.7 Å². The number of amides is 2. The van der Waals surface area contributed by atoms with Gasteiger partial charge in [-0.1, -0.05) is 57.4 Å². The normalized spacial score (nSPS) is 25.4. The second-order valence-corrected chi connectivity index (χ2v) is 20.7. The fraction of sp³-hybridized carbons (Fsp3) is 0.554. The molecule has 2 fully saturated rings. The second-order valence-electron chi connectivity index (χ2n) is 20.7. The van der Waals surface area contributed by atoms with Crippen molar-refractivity contribution in [3.8, 4) is 11.5 Å². The largest absolute Gasteiger partial charge is 0.497 e. The van der Waals surface area contributed by atoms with Crippen LogP contribution in [0, 0.1) is 0 Å². The number of nitrogens with one attached hydrogen (secondary N) is 2. The van der Waals surface area contributed by atoms with Crippen molar-refractivity contribution in [2.75, 3.05) is 24.9 Å². The fourth-order valence-corrected chi connectivity index (χ4v) is 8.06. The van der Waals surface area contributed by atoms with E-state index in [9.17, 15) is 29.1 Å². The third kappa shape index (κ3) is 18.1. The van der Waals surface area contributed by atoms with E-state index in [4.69, 9.17) is 47.4 Å². The van der Waals surface area contributed by atoms with Gasteiger partial charge in [0.1, 0.15) is 53.2 Å². The SMILES string of the molecule is C.C.COc1cc2c(c(NC(=O)OC(C)(C)C)c1)C(=O)O[C@@H](C)C/C=C\C(=O)[C@H]1OC(C)(C)O[C@H]1CC=C2.COc1cc2c(c(NC(=O)OC(C)(C)C)c1)C(=O)O[C@@H](C)C/C=C\C(O)[C@H]1OC(C)(C)O[C@H]1CC=C2. The molecule has 4 heterocycles. The number of methoxy groups -OCH3 is 2. The Kier molecular flexibility index (Phi) is 21.8. The number of carbonyl (C=O) groups excluding carboxylic acids is 5. The smallest absolute Gasteiger partial charge is 0.412 e. The van der Waals surface area contributed by atoms with E-state index in [-0.39, 0.29) is 43.1 Å². The quantitative estimate of drug-likeness (QED) is 0.147. The summed E-state index contributed by atoms with van der Waals surface area (Å²) >= 11 is 0. The molecule has 2 amide bonds. The molecule has 18 heteroatoms. The van der Waals surface area contributed by atoms with Gasteiger partial charge in [0.25, 0.3) is 0 Å². The number of aliphatic hydroxyl groups excluding tert-OH is 1. The van der Waals surface area contributed by atoms with E-state index < -0.39 is 89.6 Å². The molecule has 0 aromatic heterocycles. The summed E-state index contributed by atoms with van der Waals surface area (Å²) in [5.41, 5.74) is 0.224. The van der Waals surface area contributed by atoms with E-state index in [1.807, 2.05) is 6.08 Å². The number of benzene rings is 2. The minimum absolute atomic E-state index is 0. The number of fused-ring (bicyclic) bond motifs is 4. The van der Waals surface area contributed by atoms with Gasteiger partial charge in [0.15, 0.2) is 17.4 Å². The van der Waals surface area contributed by atoms with Crippen LogP contribution in [0.5, 0.6) is 11.5 Å². The average molecular weight is 1040 g/mol. The number of ketones is 1. The van der Waals surface area contributed by atoms with Crippen LogP contribution in [0.4, 0.5) is 21.0 Å². The maximum Gasteiger partial charge on any atom is 0.412 e. The number of carbonyl (C=O) groups is 5. The zero-order chi connectivity index (χ0) is 53.3. The highest BCUT2D eigenvalue weighted by molar-refractivity contribution is 6.04. The highest BCUT2D eigenvalue weighted by atomic mass is 16.8. The van der Waals surface area contributed by atoms with E-state index in [2.05, 4.69) is 10.6 Å². The first kappa shape index (κ1) is 62.2. The first-order chi connectivity index (χ1) is 33.6. The van der Waals surface area contributed by atoms with Gasteiger partial charge in [-0.15, -0.1) is 0 Å². The van der Waals surface area contributed by atoms with Crippen LogP contribution < -0.4 is 20.1 Å². The van der Waals surface area contributed by atoms with Crippen molar-refractivity contribution < 1.29 is 76.4 Å². The van der Waals surface area contributed by atoms with Gasteiger partial charge >= 0.3 is 24.1 Å². The van der Waals surface area contributed by atoms with Gasteiger partial charge in [0.2, 0.25) is 0 Å². The lowest BCUT2D eigenvalue weighted by atomic mass is 10.0. The molecule has 7 atom stereocenters. The summed E-state index contributed by atoms with van der Waals surface area (Å²) in [4.78, 5) is 64.4.